The second-order valence-electron chi connectivity index (χ2n) is 6.48. The average molecular weight is 276 g/mol. The Morgan fingerprint density at radius 1 is 1.44 bits per heavy atom. The summed E-state index contributed by atoms with van der Waals surface area (Å²) in [7, 11) is 2.24. The molecule has 0 aromatic carbocycles. The van der Waals surface area contributed by atoms with Gasteiger partial charge < -0.3 is 15.1 Å². The molecular formula is C14H30ClN3. The van der Waals surface area contributed by atoms with Crippen LogP contribution in [-0.2, 0) is 0 Å². The van der Waals surface area contributed by atoms with Crippen LogP contribution in [0.5, 0.6) is 0 Å². The number of nitrogens with zero attached hydrogens (tertiary/aromatic N) is 2. The molecular weight excluding hydrogens is 246 g/mol. The summed E-state index contributed by atoms with van der Waals surface area (Å²) in [6, 6.07) is 0. The lowest BCUT2D eigenvalue weighted by atomic mass is 9.89. The predicted octanol–water partition coefficient (Wildman–Crippen LogP) is 1.68. The molecule has 2 rings (SSSR count). The number of rotatable bonds is 5. The SMILES string of the molecule is CCN(C)CC1CCN(CC2(C)CCNC2)C1.Cl. The predicted molar refractivity (Wildman–Crippen MR) is 80.6 cm³/mol. The lowest BCUT2D eigenvalue weighted by Gasteiger charge is -2.29. The zero-order valence-electron chi connectivity index (χ0n) is 12.2. The van der Waals surface area contributed by atoms with Crippen LogP contribution in [0.4, 0.5) is 0 Å². The molecule has 0 amide bonds. The highest BCUT2D eigenvalue weighted by Crippen LogP contribution is 2.28. The third-order valence-electron chi connectivity index (χ3n) is 4.54. The molecule has 0 radical (unpaired) electrons. The summed E-state index contributed by atoms with van der Waals surface area (Å²) in [5.41, 5.74) is 0.533. The van der Waals surface area contributed by atoms with E-state index < -0.39 is 0 Å². The maximum Gasteiger partial charge on any atom is 0.00481 e. The van der Waals surface area contributed by atoms with Crippen LogP contribution >= 0.6 is 12.4 Å². The number of halogens is 1. The van der Waals surface area contributed by atoms with Crippen molar-refractivity contribution in [2.45, 2.75) is 26.7 Å². The van der Waals surface area contributed by atoms with Gasteiger partial charge in [0.25, 0.3) is 0 Å². The van der Waals surface area contributed by atoms with Crippen LogP contribution in [-0.4, -0.2) is 62.7 Å². The van der Waals surface area contributed by atoms with Crippen molar-refractivity contribution in [3.05, 3.63) is 0 Å². The van der Waals surface area contributed by atoms with E-state index in [0.717, 1.165) is 5.92 Å². The number of likely N-dealkylation sites (tertiary alicyclic amines) is 1. The Balaban J connectivity index is 0.00000162. The molecule has 0 bridgehead atoms. The van der Waals surface area contributed by atoms with Crippen LogP contribution in [0.25, 0.3) is 0 Å². The minimum Gasteiger partial charge on any atom is -0.316 e. The zero-order valence-corrected chi connectivity index (χ0v) is 13.1. The first-order chi connectivity index (χ1) is 8.11. The van der Waals surface area contributed by atoms with E-state index in [1.165, 1.54) is 58.7 Å². The Labute approximate surface area is 119 Å². The molecule has 3 nitrogen and oxygen atoms in total. The van der Waals surface area contributed by atoms with E-state index in [2.05, 4.69) is 36.0 Å². The van der Waals surface area contributed by atoms with E-state index in [1.807, 2.05) is 0 Å². The molecule has 2 atom stereocenters. The van der Waals surface area contributed by atoms with E-state index in [-0.39, 0.29) is 12.4 Å². The Morgan fingerprint density at radius 3 is 2.83 bits per heavy atom. The summed E-state index contributed by atoms with van der Waals surface area (Å²) >= 11 is 0. The Kier molecular flexibility index (Phi) is 6.39. The molecule has 2 saturated heterocycles. The standard InChI is InChI=1S/C14H29N3.ClH/c1-4-16(3)9-13-5-8-17(10-13)12-14(2)6-7-15-11-14;/h13,15H,4-12H2,1-3H3;1H. The van der Waals surface area contributed by atoms with Gasteiger partial charge in [0, 0.05) is 26.2 Å². The summed E-state index contributed by atoms with van der Waals surface area (Å²) in [6.07, 6.45) is 2.75. The van der Waals surface area contributed by atoms with Gasteiger partial charge in [0.05, 0.1) is 0 Å². The van der Waals surface area contributed by atoms with Crippen LogP contribution in [0.3, 0.4) is 0 Å². The topological polar surface area (TPSA) is 18.5 Å². The maximum absolute atomic E-state index is 3.50. The fraction of sp³-hybridized carbons (Fsp3) is 1.00. The second kappa shape index (κ2) is 7.09. The molecule has 0 saturated carbocycles. The highest BCUT2D eigenvalue weighted by Gasteiger charge is 2.33. The summed E-state index contributed by atoms with van der Waals surface area (Å²) < 4.78 is 0. The van der Waals surface area contributed by atoms with E-state index in [0.29, 0.717) is 5.41 Å². The van der Waals surface area contributed by atoms with Crippen LogP contribution in [0, 0.1) is 11.3 Å². The van der Waals surface area contributed by atoms with E-state index in [1.54, 1.807) is 0 Å². The van der Waals surface area contributed by atoms with Gasteiger partial charge in [-0.1, -0.05) is 13.8 Å². The van der Waals surface area contributed by atoms with Crippen molar-refractivity contribution in [2.75, 3.05) is 52.9 Å². The van der Waals surface area contributed by atoms with Gasteiger partial charge in [-0.05, 0) is 50.9 Å². The molecule has 4 heteroatoms. The van der Waals surface area contributed by atoms with Crippen molar-refractivity contribution in [3.63, 3.8) is 0 Å². The van der Waals surface area contributed by atoms with Crippen LogP contribution in [0.1, 0.15) is 26.7 Å². The van der Waals surface area contributed by atoms with Crippen molar-refractivity contribution in [2.24, 2.45) is 11.3 Å². The van der Waals surface area contributed by atoms with Gasteiger partial charge in [0.1, 0.15) is 0 Å². The first-order valence-electron chi connectivity index (χ1n) is 7.23. The minimum absolute atomic E-state index is 0. The van der Waals surface area contributed by atoms with Gasteiger partial charge in [0.15, 0.2) is 0 Å². The van der Waals surface area contributed by atoms with Crippen LogP contribution in [0.15, 0.2) is 0 Å². The summed E-state index contributed by atoms with van der Waals surface area (Å²) in [6.45, 7) is 13.5. The zero-order chi connectivity index (χ0) is 12.3. The minimum atomic E-state index is 0. The quantitative estimate of drug-likeness (QED) is 0.824. The van der Waals surface area contributed by atoms with Crippen LogP contribution in [0.2, 0.25) is 0 Å². The summed E-state index contributed by atoms with van der Waals surface area (Å²) in [4.78, 5) is 5.15. The maximum atomic E-state index is 3.50. The molecule has 0 aliphatic carbocycles. The van der Waals surface area contributed by atoms with Gasteiger partial charge in [-0.2, -0.15) is 0 Å². The molecule has 1 N–H and O–H groups in total. The van der Waals surface area contributed by atoms with Crippen molar-refractivity contribution in [3.8, 4) is 0 Å². The third-order valence-corrected chi connectivity index (χ3v) is 4.54. The molecule has 2 heterocycles. The molecule has 0 spiro atoms. The first-order valence-corrected chi connectivity index (χ1v) is 7.23. The van der Waals surface area contributed by atoms with Gasteiger partial charge in [-0.3, -0.25) is 0 Å². The number of nitrogens with one attached hydrogen (secondary N) is 1. The lowest BCUT2D eigenvalue weighted by Crippen LogP contribution is -2.37. The van der Waals surface area contributed by atoms with E-state index in [9.17, 15) is 0 Å². The molecule has 2 aliphatic rings. The number of hydrogen-bond acceptors (Lipinski definition) is 3. The van der Waals surface area contributed by atoms with E-state index >= 15 is 0 Å². The van der Waals surface area contributed by atoms with Crippen molar-refractivity contribution in [1.82, 2.24) is 15.1 Å². The normalized spacial score (nSPS) is 33.0. The molecule has 2 aliphatic heterocycles. The fourth-order valence-corrected chi connectivity index (χ4v) is 3.32. The van der Waals surface area contributed by atoms with Crippen molar-refractivity contribution in [1.29, 1.82) is 0 Å². The molecule has 108 valence electrons. The van der Waals surface area contributed by atoms with E-state index in [4.69, 9.17) is 0 Å². The van der Waals surface area contributed by atoms with Gasteiger partial charge in [-0.15, -0.1) is 12.4 Å². The third kappa shape index (κ3) is 4.37. The number of hydrogen-bond donors (Lipinski definition) is 1. The van der Waals surface area contributed by atoms with Gasteiger partial charge in [0.2, 0.25) is 0 Å². The highest BCUT2D eigenvalue weighted by atomic mass is 35.5. The highest BCUT2D eigenvalue weighted by molar-refractivity contribution is 5.85. The van der Waals surface area contributed by atoms with Crippen LogP contribution < -0.4 is 5.32 Å². The molecule has 2 unspecified atom stereocenters. The average Bonchev–Trinajstić information content (AvgIpc) is 2.89. The fourth-order valence-electron chi connectivity index (χ4n) is 3.32. The summed E-state index contributed by atoms with van der Waals surface area (Å²) in [5.74, 6) is 0.901. The van der Waals surface area contributed by atoms with Gasteiger partial charge in [-0.25, -0.2) is 0 Å². The largest absolute Gasteiger partial charge is 0.316 e. The molecule has 18 heavy (non-hydrogen) atoms. The first kappa shape index (κ1) is 16.2. The smallest absolute Gasteiger partial charge is 0.00481 e. The Bertz CT molecular complexity index is 241. The van der Waals surface area contributed by atoms with Crippen molar-refractivity contribution < 1.29 is 0 Å². The van der Waals surface area contributed by atoms with Crippen molar-refractivity contribution >= 4 is 12.4 Å². The molecule has 2 fully saturated rings. The molecule has 0 aromatic heterocycles. The molecule has 0 aromatic rings. The Hall–Kier alpha value is 0.170. The lowest BCUT2D eigenvalue weighted by molar-refractivity contribution is 0.197. The monoisotopic (exact) mass is 275 g/mol. The summed E-state index contributed by atoms with van der Waals surface area (Å²) in [5, 5.41) is 3.50. The van der Waals surface area contributed by atoms with Gasteiger partial charge >= 0.3 is 0 Å². The second-order valence-corrected chi connectivity index (χ2v) is 6.48. The Morgan fingerprint density at radius 2 is 2.22 bits per heavy atom.